The van der Waals surface area contributed by atoms with Crippen LogP contribution in [0.3, 0.4) is 0 Å². The van der Waals surface area contributed by atoms with Gasteiger partial charge in [-0.25, -0.2) is 9.97 Å². The first kappa shape index (κ1) is 18.0. The number of hydrogen-bond acceptors (Lipinski definition) is 7. The first-order chi connectivity index (χ1) is 14.3. The van der Waals surface area contributed by atoms with Gasteiger partial charge in [0.15, 0.2) is 5.82 Å². The van der Waals surface area contributed by atoms with Crippen molar-refractivity contribution in [3.05, 3.63) is 71.1 Å². The van der Waals surface area contributed by atoms with E-state index in [-0.39, 0.29) is 0 Å². The summed E-state index contributed by atoms with van der Waals surface area (Å²) in [6.45, 7) is 2.69. The Balaban J connectivity index is 1.42. The second kappa shape index (κ2) is 7.73. The maximum atomic E-state index is 4.67. The van der Waals surface area contributed by atoms with Gasteiger partial charge < -0.3 is 5.32 Å². The average Bonchev–Trinajstić information content (AvgIpc) is 3.47. The number of anilines is 2. The molecule has 1 N–H and O–H groups in total. The van der Waals surface area contributed by atoms with Crippen LogP contribution >= 0.6 is 22.7 Å². The van der Waals surface area contributed by atoms with E-state index in [2.05, 4.69) is 48.3 Å². The number of rotatable bonds is 6. The first-order valence-electron chi connectivity index (χ1n) is 9.26. The van der Waals surface area contributed by atoms with Crippen molar-refractivity contribution in [2.45, 2.75) is 19.9 Å². The number of aryl methyl sites for hydroxylation is 3. The fourth-order valence-electron chi connectivity index (χ4n) is 3.20. The summed E-state index contributed by atoms with van der Waals surface area (Å²) in [5.74, 6) is 2.31. The van der Waals surface area contributed by atoms with Gasteiger partial charge in [-0.2, -0.15) is 5.10 Å². The van der Waals surface area contributed by atoms with E-state index in [1.165, 1.54) is 4.88 Å². The maximum Gasteiger partial charge on any atom is 0.153 e. The van der Waals surface area contributed by atoms with Crippen LogP contribution in [0, 0.1) is 6.92 Å². The molecule has 0 saturated carbocycles. The predicted molar refractivity (Wildman–Crippen MR) is 119 cm³/mol. The second-order valence-corrected chi connectivity index (χ2v) is 8.39. The zero-order valence-electron chi connectivity index (χ0n) is 15.7. The van der Waals surface area contributed by atoms with Crippen LogP contribution in [0.25, 0.3) is 20.7 Å². The van der Waals surface area contributed by atoms with Crippen molar-refractivity contribution < 1.29 is 0 Å². The van der Waals surface area contributed by atoms with E-state index in [0.29, 0.717) is 0 Å². The summed E-state index contributed by atoms with van der Waals surface area (Å²) < 4.78 is 1.93. The van der Waals surface area contributed by atoms with Crippen LogP contribution in [-0.4, -0.2) is 24.7 Å². The van der Waals surface area contributed by atoms with E-state index in [4.69, 9.17) is 0 Å². The Morgan fingerprint density at radius 2 is 2.03 bits per heavy atom. The summed E-state index contributed by atoms with van der Waals surface area (Å²) in [6.07, 6.45) is 4.64. The van der Waals surface area contributed by atoms with Gasteiger partial charge in [0.2, 0.25) is 0 Å². The minimum Gasteiger partial charge on any atom is -0.323 e. The monoisotopic (exact) mass is 418 g/mol. The van der Waals surface area contributed by atoms with Gasteiger partial charge in [0.05, 0.1) is 5.39 Å². The lowest BCUT2D eigenvalue weighted by molar-refractivity contribution is 0.610. The normalized spacial score (nSPS) is 11.2. The fraction of sp³-hybridized carbons (Fsp3) is 0.143. The molecule has 0 aliphatic carbocycles. The standard InChI is InChI=1S/C21H18N6S2/c1-14-23-20(19-16(13-29-21(19)24-14)17-6-4-12-28-17)25-18-8-11-27(26-18)10-7-15-5-2-3-9-22-15/h2-6,8-9,11-13H,7,10H2,1H3,(H,23,24,25,26). The fourth-order valence-corrected chi connectivity index (χ4v) is 5.01. The van der Waals surface area contributed by atoms with Gasteiger partial charge in [-0.3, -0.25) is 9.67 Å². The quantitative estimate of drug-likeness (QED) is 0.405. The third-order valence-electron chi connectivity index (χ3n) is 4.54. The third kappa shape index (κ3) is 3.76. The largest absolute Gasteiger partial charge is 0.323 e. The molecular formula is C21H18N6S2. The average molecular weight is 419 g/mol. The van der Waals surface area contributed by atoms with E-state index in [0.717, 1.165) is 51.9 Å². The van der Waals surface area contributed by atoms with Crippen LogP contribution in [0.15, 0.2) is 59.6 Å². The maximum absolute atomic E-state index is 4.67. The molecule has 0 aliphatic heterocycles. The van der Waals surface area contributed by atoms with E-state index in [1.807, 2.05) is 48.3 Å². The van der Waals surface area contributed by atoms with Crippen molar-refractivity contribution in [2.75, 3.05) is 5.32 Å². The molecule has 29 heavy (non-hydrogen) atoms. The van der Waals surface area contributed by atoms with Crippen LogP contribution in [0.1, 0.15) is 11.5 Å². The first-order valence-corrected chi connectivity index (χ1v) is 11.0. The summed E-state index contributed by atoms with van der Waals surface area (Å²) in [4.78, 5) is 15.9. The molecule has 8 heteroatoms. The molecule has 0 fully saturated rings. The van der Waals surface area contributed by atoms with Gasteiger partial charge in [-0.05, 0) is 30.5 Å². The number of aromatic nitrogens is 5. The van der Waals surface area contributed by atoms with Crippen molar-refractivity contribution in [2.24, 2.45) is 0 Å². The highest BCUT2D eigenvalue weighted by atomic mass is 32.1. The lowest BCUT2D eigenvalue weighted by Crippen LogP contribution is -2.04. The molecule has 0 bridgehead atoms. The lowest BCUT2D eigenvalue weighted by Gasteiger charge is -2.07. The Labute approximate surface area is 175 Å². The molecule has 5 aromatic rings. The van der Waals surface area contributed by atoms with Gasteiger partial charge in [-0.1, -0.05) is 12.1 Å². The molecule has 0 atom stereocenters. The zero-order valence-corrected chi connectivity index (χ0v) is 17.4. The van der Waals surface area contributed by atoms with Crippen LogP contribution in [0.5, 0.6) is 0 Å². The van der Waals surface area contributed by atoms with Gasteiger partial charge in [0, 0.05) is 52.9 Å². The molecule has 144 valence electrons. The Morgan fingerprint density at radius 1 is 1.07 bits per heavy atom. The van der Waals surface area contributed by atoms with Gasteiger partial charge >= 0.3 is 0 Å². The number of nitrogens with zero attached hydrogens (tertiary/aromatic N) is 5. The summed E-state index contributed by atoms with van der Waals surface area (Å²) in [5, 5.41) is 13.4. The van der Waals surface area contributed by atoms with Gasteiger partial charge in [0.1, 0.15) is 16.5 Å². The molecule has 5 heterocycles. The highest BCUT2D eigenvalue weighted by Gasteiger charge is 2.16. The summed E-state index contributed by atoms with van der Waals surface area (Å²) >= 11 is 3.37. The molecule has 0 saturated heterocycles. The van der Waals surface area contributed by atoms with Crippen LogP contribution < -0.4 is 5.32 Å². The van der Waals surface area contributed by atoms with E-state index < -0.39 is 0 Å². The molecule has 5 aromatic heterocycles. The van der Waals surface area contributed by atoms with Gasteiger partial charge in [-0.15, -0.1) is 22.7 Å². The highest BCUT2D eigenvalue weighted by molar-refractivity contribution is 7.18. The molecule has 0 unspecified atom stereocenters. The molecule has 0 amide bonds. The van der Waals surface area contributed by atoms with Crippen molar-refractivity contribution in [1.82, 2.24) is 24.7 Å². The smallest absolute Gasteiger partial charge is 0.153 e. The number of fused-ring (bicyclic) bond motifs is 1. The number of pyridine rings is 1. The minimum atomic E-state index is 0.745. The molecule has 0 spiro atoms. The zero-order chi connectivity index (χ0) is 19.6. The number of thiophene rings is 2. The van der Waals surface area contributed by atoms with E-state index in [9.17, 15) is 0 Å². The predicted octanol–water partition coefficient (Wildman–Crippen LogP) is 5.31. The van der Waals surface area contributed by atoms with Gasteiger partial charge in [0.25, 0.3) is 0 Å². The topological polar surface area (TPSA) is 68.5 Å². The second-order valence-electron chi connectivity index (χ2n) is 6.59. The van der Waals surface area contributed by atoms with E-state index in [1.54, 1.807) is 22.7 Å². The van der Waals surface area contributed by atoms with Crippen molar-refractivity contribution >= 4 is 44.5 Å². The van der Waals surface area contributed by atoms with Crippen molar-refractivity contribution in [3.63, 3.8) is 0 Å². The molecule has 0 aliphatic rings. The molecular weight excluding hydrogens is 400 g/mol. The number of hydrogen-bond donors (Lipinski definition) is 1. The molecule has 5 rings (SSSR count). The summed E-state index contributed by atoms with van der Waals surface area (Å²) in [6, 6.07) is 12.1. The Morgan fingerprint density at radius 3 is 2.86 bits per heavy atom. The van der Waals surface area contributed by atoms with Crippen molar-refractivity contribution in [3.8, 4) is 10.4 Å². The summed E-state index contributed by atoms with van der Waals surface area (Å²) in [5.41, 5.74) is 2.22. The summed E-state index contributed by atoms with van der Waals surface area (Å²) in [7, 11) is 0. The van der Waals surface area contributed by atoms with Crippen LogP contribution in [0.4, 0.5) is 11.6 Å². The van der Waals surface area contributed by atoms with Crippen LogP contribution in [-0.2, 0) is 13.0 Å². The SMILES string of the molecule is Cc1nc(Nc2ccn(CCc3ccccn3)n2)c2c(-c3cccs3)csc2n1. The molecule has 6 nitrogen and oxygen atoms in total. The van der Waals surface area contributed by atoms with Crippen LogP contribution in [0.2, 0.25) is 0 Å². The Hall–Kier alpha value is -3.10. The Bertz CT molecular complexity index is 1240. The molecule has 0 radical (unpaired) electrons. The molecule has 0 aromatic carbocycles. The Kier molecular flexibility index (Phi) is 4.79. The number of nitrogens with one attached hydrogen (secondary N) is 1. The van der Waals surface area contributed by atoms with Crippen molar-refractivity contribution in [1.29, 1.82) is 0 Å². The third-order valence-corrected chi connectivity index (χ3v) is 6.32. The minimum absolute atomic E-state index is 0.745. The lowest BCUT2D eigenvalue weighted by atomic mass is 10.2. The van der Waals surface area contributed by atoms with E-state index >= 15 is 0 Å². The highest BCUT2D eigenvalue weighted by Crippen LogP contribution is 2.39.